The molecule has 10 heteroatoms. The van der Waals surface area contributed by atoms with E-state index >= 15 is 0 Å². The minimum atomic E-state index is -0.188. The quantitative estimate of drug-likeness (QED) is 0.604. The number of benzene rings is 2. The van der Waals surface area contributed by atoms with Gasteiger partial charge in [0.25, 0.3) is 0 Å². The summed E-state index contributed by atoms with van der Waals surface area (Å²) in [5, 5.41) is 12.5. The van der Waals surface area contributed by atoms with Gasteiger partial charge in [-0.15, -0.1) is 10.2 Å². The Labute approximate surface area is 194 Å². The maximum absolute atomic E-state index is 12.6. The molecule has 3 heterocycles. The zero-order valence-electron chi connectivity index (χ0n) is 16.9. The van der Waals surface area contributed by atoms with Gasteiger partial charge in [-0.3, -0.25) is 0 Å². The summed E-state index contributed by atoms with van der Waals surface area (Å²) in [6.07, 6.45) is 0. The first kappa shape index (κ1) is 20.7. The van der Waals surface area contributed by atoms with Crippen molar-refractivity contribution in [1.29, 1.82) is 0 Å². The number of rotatable bonds is 3. The van der Waals surface area contributed by atoms with Crippen molar-refractivity contribution in [2.45, 2.75) is 0 Å². The molecule has 8 nitrogen and oxygen atoms in total. The Morgan fingerprint density at radius 3 is 2.34 bits per heavy atom. The molecule has 1 saturated heterocycles. The summed E-state index contributed by atoms with van der Waals surface area (Å²) < 4.78 is 10.8. The van der Waals surface area contributed by atoms with Crippen molar-refractivity contribution >= 4 is 40.7 Å². The van der Waals surface area contributed by atoms with Crippen molar-refractivity contribution in [2.24, 2.45) is 0 Å². The molecule has 32 heavy (non-hydrogen) atoms. The molecule has 3 aromatic rings. The molecule has 0 bridgehead atoms. The van der Waals surface area contributed by atoms with Crippen LogP contribution in [0.1, 0.15) is 0 Å². The van der Waals surface area contributed by atoms with E-state index in [9.17, 15) is 4.79 Å². The molecule has 164 valence electrons. The second kappa shape index (κ2) is 8.72. The molecule has 0 atom stereocenters. The van der Waals surface area contributed by atoms with E-state index in [1.165, 1.54) is 0 Å². The van der Waals surface area contributed by atoms with Gasteiger partial charge in [-0.25, -0.2) is 4.79 Å². The van der Waals surface area contributed by atoms with Gasteiger partial charge >= 0.3 is 6.03 Å². The number of hydrogen-bond acceptors (Lipinski definition) is 6. The van der Waals surface area contributed by atoms with Gasteiger partial charge in [0.1, 0.15) is 0 Å². The third-order valence-corrected chi connectivity index (χ3v) is 5.76. The number of nitrogens with one attached hydrogen (secondary N) is 1. The van der Waals surface area contributed by atoms with Crippen LogP contribution in [0.5, 0.6) is 11.5 Å². The summed E-state index contributed by atoms with van der Waals surface area (Å²) in [5.41, 5.74) is 2.24. The summed E-state index contributed by atoms with van der Waals surface area (Å²) in [7, 11) is 0. The maximum atomic E-state index is 12.6. The number of hydrogen-bond donors (Lipinski definition) is 1. The first-order valence-corrected chi connectivity index (χ1v) is 10.8. The topological polar surface area (TPSA) is 79.8 Å². The van der Waals surface area contributed by atoms with Gasteiger partial charge in [-0.05, 0) is 48.5 Å². The van der Waals surface area contributed by atoms with Crippen LogP contribution in [0.4, 0.5) is 16.3 Å². The van der Waals surface area contributed by atoms with Crippen LogP contribution in [-0.4, -0.2) is 54.1 Å². The number of anilines is 2. The highest BCUT2D eigenvalue weighted by Crippen LogP contribution is 2.35. The van der Waals surface area contributed by atoms with Crippen LogP contribution in [-0.2, 0) is 0 Å². The number of aromatic nitrogens is 2. The van der Waals surface area contributed by atoms with E-state index in [0.717, 1.165) is 22.8 Å². The summed E-state index contributed by atoms with van der Waals surface area (Å²) in [6, 6.07) is 14.3. The summed E-state index contributed by atoms with van der Waals surface area (Å²) >= 11 is 12.0. The zero-order valence-corrected chi connectivity index (χ0v) is 18.4. The summed E-state index contributed by atoms with van der Waals surface area (Å²) in [6.45, 7) is 2.67. The molecule has 0 saturated carbocycles. The minimum Gasteiger partial charge on any atom is -0.454 e. The number of nitrogens with zero attached hydrogens (tertiary/aromatic N) is 4. The van der Waals surface area contributed by atoms with Gasteiger partial charge in [-0.2, -0.15) is 0 Å². The third-order valence-electron chi connectivity index (χ3n) is 5.32. The van der Waals surface area contributed by atoms with Crippen molar-refractivity contribution in [1.82, 2.24) is 15.1 Å². The maximum Gasteiger partial charge on any atom is 0.321 e. The fourth-order valence-corrected chi connectivity index (χ4v) is 4.20. The van der Waals surface area contributed by atoms with Crippen LogP contribution in [0, 0.1) is 0 Å². The van der Waals surface area contributed by atoms with E-state index < -0.39 is 0 Å². The van der Waals surface area contributed by atoms with Gasteiger partial charge in [0, 0.05) is 47.5 Å². The number of ether oxygens (including phenoxy) is 2. The lowest BCUT2D eigenvalue weighted by molar-refractivity contribution is 0.174. The molecule has 0 spiro atoms. The normalized spacial score (nSPS) is 15.1. The van der Waals surface area contributed by atoms with Crippen molar-refractivity contribution < 1.29 is 14.3 Å². The number of carbonyl (C=O) groups excluding carboxylic acids is 1. The van der Waals surface area contributed by atoms with Crippen molar-refractivity contribution in [3.8, 4) is 22.8 Å². The van der Waals surface area contributed by atoms with Gasteiger partial charge < -0.3 is 24.6 Å². The Bertz CT molecular complexity index is 1130. The largest absolute Gasteiger partial charge is 0.454 e. The molecule has 0 aliphatic carbocycles. The number of urea groups is 1. The van der Waals surface area contributed by atoms with E-state index in [1.54, 1.807) is 23.1 Å². The third kappa shape index (κ3) is 4.37. The predicted octanol–water partition coefficient (Wildman–Crippen LogP) is 4.53. The molecule has 2 aliphatic heterocycles. The van der Waals surface area contributed by atoms with Gasteiger partial charge in [0.05, 0.1) is 5.69 Å². The van der Waals surface area contributed by atoms with Crippen LogP contribution >= 0.6 is 23.2 Å². The lowest BCUT2D eigenvalue weighted by Gasteiger charge is -2.35. The number of amides is 2. The fourth-order valence-electron chi connectivity index (χ4n) is 3.67. The number of carbonyl (C=O) groups is 1. The Morgan fingerprint density at radius 1 is 0.875 bits per heavy atom. The highest BCUT2D eigenvalue weighted by Gasteiger charge is 2.23. The van der Waals surface area contributed by atoms with Crippen LogP contribution < -0.4 is 19.7 Å². The Kier molecular flexibility index (Phi) is 5.63. The van der Waals surface area contributed by atoms with Crippen molar-refractivity contribution in [3.05, 3.63) is 58.6 Å². The zero-order chi connectivity index (χ0) is 22.1. The van der Waals surface area contributed by atoms with Gasteiger partial charge in [-0.1, -0.05) is 23.2 Å². The van der Waals surface area contributed by atoms with E-state index in [2.05, 4.69) is 20.4 Å². The van der Waals surface area contributed by atoms with Gasteiger partial charge in [0.2, 0.25) is 6.79 Å². The Morgan fingerprint density at radius 2 is 1.62 bits per heavy atom. The smallest absolute Gasteiger partial charge is 0.321 e. The van der Waals surface area contributed by atoms with Crippen molar-refractivity contribution in [3.63, 3.8) is 0 Å². The first-order chi connectivity index (χ1) is 15.5. The van der Waals surface area contributed by atoms with E-state index in [1.807, 2.05) is 30.3 Å². The number of piperazine rings is 1. The highest BCUT2D eigenvalue weighted by molar-refractivity contribution is 6.35. The molecular formula is C22H19Cl2N5O3. The fraction of sp³-hybridized carbons (Fsp3) is 0.227. The average molecular weight is 472 g/mol. The monoisotopic (exact) mass is 471 g/mol. The van der Waals surface area contributed by atoms with Crippen molar-refractivity contribution in [2.75, 3.05) is 43.2 Å². The first-order valence-electron chi connectivity index (χ1n) is 10.1. The lowest BCUT2D eigenvalue weighted by Crippen LogP contribution is -2.50. The average Bonchev–Trinajstić information content (AvgIpc) is 3.26. The van der Waals surface area contributed by atoms with Crippen LogP contribution in [0.3, 0.4) is 0 Å². The molecule has 1 fully saturated rings. The SMILES string of the molecule is O=C(Nc1cc(Cl)cc(Cl)c1)N1CCN(c2ccc(-c3ccc4c(c3)OCO4)nn2)CC1. The summed E-state index contributed by atoms with van der Waals surface area (Å²) in [4.78, 5) is 16.4. The molecule has 2 amide bonds. The number of halogens is 2. The van der Waals surface area contributed by atoms with Crippen LogP contribution in [0.2, 0.25) is 10.0 Å². The highest BCUT2D eigenvalue weighted by atomic mass is 35.5. The molecule has 1 N–H and O–H groups in total. The molecule has 2 aliphatic rings. The second-order valence-corrected chi connectivity index (χ2v) is 8.28. The Hall–Kier alpha value is -3.23. The lowest BCUT2D eigenvalue weighted by atomic mass is 10.1. The molecule has 0 unspecified atom stereocenters. The van der Waals surface area contributed by atoms with E-state index in [0.29, 0.717) is 47.7 Å². The minimum absolute atomic E-state index is 0.188. The molecule has 0 radical (unpaired) electrons. The molecule has 1 aromatic heterocycles. The molecule has 2 aromatic carbocycles. The van der Waals surface area contributed by atoms with Crippen LogP contribution in [0.15, 0.2) is 48.5 Å². The number of fused-ring (bicyclic) bond motifs is 1. The van der Waals surface area contributed by atoms with Crippen LogP contribution in [0.25, 0.3) is 11.3 Å². The second-order valence-electron chi connectivity index (χ2n) is 7.41. The van der Waals surface area contributed by atoms with Gasteiger partial charge in [0.15, 0.2) is 17.3 Å². The standard InChI is InChI=1S/C22H19Cl2N5O3/c23-15-10-16(24)12-17(11-15)25-22(30)29-7-5-28(6-8-29)21-4-2-18(26-27-21)14-1-3-19-20(9-14)32-13-31-19/h1-4,9-12H,5-8,13H2,(H,25,30). The summed E-state index contributed by atoms with van der Waals surface area (Å²) in [5.74, 6) is 2.22. The predicted molar refractivity (Wildman–Crippen MR) is 123 cm³/mol. The van der Waals surface area contributed by atoms with E-state index in [4.69, 9.17) is 32.7 Å². The Balaban J connectivity index is 1.19. The molecule has 5 rings (SSSR count). The van der Waals surface area contributed by atoms with E-state index in [-0.39, 0.29) is 12.8 Å². The molecular weight excluding hydrogens is 453 g/mol.